The molecule has 1 aliphatic rings. The topological polar surface area (TPSA) is 59.4 Å². The quantitative estimate of drug-likeness (QED) is 0.693. The van der Waals surface area contributed by atoms with E-state index in [0.29, 0.717) is 17.8 Å². The molecule has 1 aromatic heterocycles. The molecule has 2 heterocycles. The summed E-state index contributed by atoms with van der Waals surface area (Å²) in [7, 11) is 5.44. The van der Waals surface area contributed by atoms with Gasteiger partial charge in [0.05, 0.1) is 12.8 Å². The van der Waals surface area contributed by atoms with E-state index in [4.69, 9.17) is 4.74 Å². The fourth-order valence-corrected chi connectivity index (χ4v) is 2.69. The third kappa shape index (κ3) is 3.39. The van der Waals surface area contributed by atoms with E-state index >= 15 is 0 Å². The predicted molar refractivity (Wildman–Crippen MR) is 104 cm³/mol. The second kappa shape index (κ2) is 6.92. The van der Waals surface area contributed by atoms with Crippen LogP contribution in [0.5, 0.6) is 5.75 Å². The van der Waals surface area contributed by atoms with Crippen molar-refractivity contribution < 1.29 is 11.0 Å². The van der Waals surface area contributed by atoms with Crippen LogP contribution in [0.1, 0.15) is 23.3 Å². The Morgan fingerprint density at radius 3 is 2.85 bits per heavy atom. The number of rotatable bonds is 6. The number of allylic oxidation sites excluding steroid dienone is 2. The van der Waals surface area contributed by atoms with Gasteiger partial charge in [-0.25, -0.2) is 4.98 Å². The summed E-state index contributed by atoms with van der Waals surface area (Å²) in [6.07, 6.45) is 5.92. The summed E-state index contributed by atoms with van der Waals surface area (Å²) in [5.41, 5.74) is 3.81. The zero-order valence-corrected chi connectivity index (χ0v) is 15.2. The molecule has 0 radical (unpaired) electrons. The molecular weight excluding hydrogens is 328 g/mol. The molecule has 0 saturated heterocycles. The summed E-state index contributed by atoms with van der Waals surface area (Å²) in [6.45, 7) is 7.73. The fraction of sp³-hybridized carbons (Fsp3) is 0.200. The van der Waals surface area contributed by atoms with Crippen molar-refractivity contribution in [2.75, 3.05) is 21.2 Å². The molecule has 6 nitrogen and oxygen atoms in total. The van der Waals surface area contributed by atoms with Gasteiger partial charge >= 0.3 is 0 Å². The van der Waals surface area contributed by atoms with Crippen LogP contribution in [0.4, 0.5) is 0 Å². The number of likely N-dealkylation sites (N-methyl/N-ethyl adjacent to an activating group) is 1. The zero-order valence-electron chi connectivity index (χ0n) is 15.2. The van der Waals surface area contributed by atoms with Crippen molar-refractivity contribution in [1.82, 2.24) is 19.8 Å². The van der Waals surface area contributed by atoms with Crippen molar-refractivity contribution in [2.45, 2.75) is 6.42 Å². The monoisotopic (exact) mass is 352 g/mol. The Hall–Kier alpha value is -3.28. The molecule has 0 saturated carbocycles. The molecule has 26 heavy (non-hydrogen) atoms. The van der Waals surface area contributed by atoms with Crippen LogP contribution in [0.3, 0.4) is 0 Å². The largest absolute Gasteiger partial charge is 0.497 e. The Morgan fingerprint density at radius 2 is 2.15 bits per heavy atom. The van der Waals surface area contributed by atoms with Gasteiger partial charge in [-0.3, -0.25) is 4.79 Å². The van der Waals surface area contributed by atoms with Crippen LogP contribution >= 0.6 is 0 Å². The molecule has 1 amide bonds. The minimum atomic E-state index is -0.285. The lowest BCUT2D eigenvalue weighted by Gasteiger charge is -2.11. The molecule has 1 aromatic carbocycles. The van der Waals surface area contributed by atoms with E-state index in [1.807, 2.05) is 41.8 Å². The Labute approximate surface area is 154 Å². The van der Waals surface area contributed by atoms with E-state index in [2.05, 4.69) is 23.5 Å². The van der Waals surface area contributed by atoms with Gasteiger partial charge in [-0.15, -0.1) is 0 Å². The number of imidazole rings is 1. The van der Waals surface area contributed by atoms with Crippen molar-refractivity contribution in [3.05, 3.63) is 78.2 Å². The highest BCUT2D eigenvalue weighted by atomic mass is 16.5. The Kier molecular flexibility index (Phi) is 4.67. The maximum Gasteiger partial charge on any atom is 0.275 e. The summed E-state index contributed by atoms with van der Waals surface area (Å²) in [5, 5.41) is 2.75. The number of fused-ring (bicyclic) bond motifs is 3. The van der Waals surface area contributed by atoms with Gasteiger partial charge in [0.2, 0.25) is 0 Å². The second-order valence-electron chi connectivity index (χ2n) is 6.28. The van der Waals surface area contributed by atoms with Gasteiger partial charge in [-0.1, -0.05) is 13.2 Å². The number of methoxy groups -OCH3 is 1. The van der Waals surface area contributed by atoms with Gasteiger partial charge in [0, 0.05) is 39.5 Å². The third-order valence-electron chi connectivity index (χ3n) is 4.23. The molecule has 2 aromatic rings. The summed E-state index contributed by atoms with van der Waals surface area (Å²) < 4.78 is 7.20. The van der Waals surface area contributed by atoms with Gasteiger partial charge in [0.25, 0.3) is 5.91 Å². The standard InChI is InChI=1S/C20H22N4O2.H2/c1-13(6-7-14(2)23(3)4)21-20(25)17-12-24-18-9-8-16(26-5)10-15(18)11-19(24)22-17;/h6-10,12H,1-2,11H2,3-5H3,(H,21,25);1H/b7-6-;. The molecule has 0 atom stereocenters. The molecule has 0 bridgehead atoms. The molecule has 1 N–H and O–H groups in total. The van der Waals surface area contributed by atoms with Crippen LogP contribution < -0.4 is 10.1 Å². The van der Waals surface area contributed by atoms with Crippen molar-refractivity contribution >= 4 is 5.91 Å². The molecule has 0 aliphatic carbocycles. The first-order valence-corrected chi connectivity index (χ1v) is 8.19. The van der Waals surface area contributed by atoms with Gasteiger partial charge in [0.1, 0.15) is 17.3 Å². The van der Waals surface area contributed by atoms with Crippen LogP contribution in [0.2, 0.25) is 0 Å². The van der Waals surface area contributed by atoms with Crippen molar-refractivity contribution in [1.29, 1.82) is 0 Å². The van der Waals surface area contributed by atoms with E-state index < -0.39 is 0 Å². The first kappa shape index (κ1) is 17.5. The van der Waals surface area contributed by atoms with E-state index in [1.165, 1.54) is 0 Å². The number of carbonyl (C=O) groups is 1. The lowest BCUT2D eigenvalue weighted by molar-refractivity contribution is 0.0962. The first-order valence-electron chi connectivity index (χ1n) is 8.19. The molecule has 0 fully saturated rings. The SMILES string of the molecule is C=C(/C=C\C(=C)N(C)C)NC(=O)c1cn2c(n1)Cc1cc(OC)ccc1-2.[HH]. The van der Waals surface area contributed by atoms with Gasteiger partial charge in [-0.05, 0) is 35.9 Å². The van der Waals surface area contributed by atoms with Crippen LogP contribution in [0, 0.1) is 0 Å². The average Bonchev–Trinajstić information content (AvgIpc) is 3.16. The van der Waals surface area contributed by atoms with Crippen molar-refractivity contribution in [3.8, 4) is 11.4 Å². The average molecular weight is 352 g/mol. The number of nitrogens with one attached hydrogen (secondary N) is 1. The minimum absolute atomic E-state index is 0. The smallest absolute Gasteiger partial charge is 0.275 e. The number of nitrogens with zero attached hydrogens (tertiary/aromatic N) is 3. The first-order chi connectivity index (χ1) is 12.4. The molecule has 1 aliphatic heterocycles. The minimum Gasteiger partial charge on any atom is -0.497 e. The highest BCUT2D eigenvalue weighted by molar-refractivity contribution is 5.93. The normalized spacial score (nSPS) is 11.8. The van der Waals surface area contributed by atoms with Gasteiger partial charge < -0.3 is 19.5 Å². The van der Waals surface area contributed by atoms with Crippen molar-refractivity contribution in [2.24, 2.45) is 0 Å². The lowest BCUT2D eigenvalue weighted by Crippen LogP contribution is -2.22. The third-order valence-corrected chi connectivity index (χ3v) is 4.23. The maximum atomic E-state index is 12.4. The van der Waals surface area contributed by atoms with Gasteiger partial charge in [0.15, 0.2) is 0 Å². The van der Waals surface area contributed by atoms with Crippen LogP contribution in [0.15, 0.2) is 61.1 Å². The molecular formula is C20H24N4O2. The van der Waals surface area contributed by atoms with Crippen molar-refractivity contribution in [3.63, 3.8) is 0 Å². The molecule has 136 valence electrons. The molecule has 0 spiro atoms. The number of carbonyl (C=O) groups excluding carboxylic acids is 1. The van der Waals surface area contributed by atoms with Crippen LogP contribution in [-0.2, 0) is 6.42 Å². The fourth-order valence-electron chi connectivity index (χ4n) is 2.69. The highest BCUT2D eigenvalue weighted by Crippen LogP contribution is 2.30. The summed E-state index contributed by atoms with van der Waals surface area (Å²) in [4.78, 5) is 18.7. The van der Waals surface area contributed by atoms with Crippen LogP contribution in [0.25, 0.3) is 5.69 Å². The van der Waals surface area contributed by atoms with E-state index in [9.17, 15) is 4.79 Å². The summed E-state index contributed by atoms with van der Waals surface area (Å²) in [6, 6.07) is 5.87. The number of amides is 1. The summed E-state index contributed by atoms with van der Waals surface area (Å²) >= 11 is 0. The Balaban J connectivity index is 0.00000261. The Morgan fingerprint density at radius 1 is 1.38 bits per heavy atom. The highest BCUT2D eigenvalue weighted by Gasteiger charge is 2.23. The van der Waals surface area contributed by atoms with E-state index in [0.717, 1.165) is 28.5 Å². The maximum absolute atomic E-state index is 12.4. The predicted octanol–water partition coefficient (Wildman–Crippen LogP) is 2.91. The second-order valence-corrected chi connectivity index (χ2v) is 6.28. The van der Waals surface area contributed by atoms with E-state index in [1.54, 1.807) is 25.5 Å². The zero-order chi connectivity index (χ0) is 18.8. The van der Waals surface area contributed by atoms with E-state index in [-0.39, 0.29) is 7.33 Å². The number of benzene rings is 1. The van der Waals surface area contributed by atoms with Gasteiger partial charge in [-0.2, -0.15) is 0 Å². The lowest BCUT2D eigenvalue weighted by atomic mass is 10.1. The number of hydrogen-bond donors (Lipinski definition) is 1. The number of ether oxygens (including phenoxy) is 1. The number of aromatic nitrogens is 2. The molecule has 0 unspecified atom stereocenters. The van der Waals surface area contributed by atoms with Crippen LogP contribution in [-0.4, -0.2) is 41.6 Å². The number of hydrogen-bond acceptors (Lipinski definition) is 4. The molecule has 6 heteroatoms. The molecule has 3 rings (SSSR count). The summed E-state index contributed by atoms with van der Waals surface area (Å²) in [5.74, 6) is 1.36. The Bertz CT molecular complexity index is 928.